The van der Waals surface area contributed by atoms with Crippen LogP contribution in [-0.2, 0) is 0 Å². The fourth-order valence-corrected chi connectivity index (χ4v) is 1.90. The van der Waals surface area contributed by atoms with E-state index in [0.717, 1.165) is 13.0 Å². The molecule has 2 unspecified atom stereocenters. The maximum atomic E-state index is 10.1. The summed E-state index contributed by atoms with van der Waals surface area (Å²) in [6.45, 7) is 1.47. The lowest BCUT2D eigenvalue weighted by Crippen LogP contribution is -2.38. The maximum Gasteiger partial charge on any atom is 0.0528 e. The Hall–Kier alpha value is 0.360. The van der Waals surface area contributed by atoms with Crippen molar-refractivity contribution in [1.29, 1.82) is 0 Å². The van der Waals surface area contributed by atoms with Gasteiger partial charge in [-0.3, -0.25) is 5.01 Å². The summed E-state index contributed by atoms with van der Waals surface area (Å²) in [5.41, 5.74) is 0. The van der Waals surface area contributed by atoms with E-state index in [4.69, 9.17) is 0 Å². The van der Waals surface area contributed by atoms with Crippen LogP contribution in [0.25, 0.3) is 0 Å². The predicted octanol–water partition coefficient (Wildman–Crippen LogP) is 1.90. The molecule has 1 rings (SSSR count). The van der Waals surface area contributed by atoms with Crippen molar-refractivity contribution in [3.8, 4) is 0 Å². The molecule has 1 aliphatic heterocycles. The molecule has 1 fully saturated rings. The Kier molecular flexibility index (Phi) is 3.10. The van der Waals surface area contributed by atoms with Crippen LogP contribution in [0.4, 0.5) is 0 Å². The molecule has 0 N–H and O–H groups in total. The quantitative estimate of drug-likeness (QED) is 0.539. The number of hydrogen-bond acceptors (Lipinski definition) is 2. The third-order valence-electron chi connectivity index (χ3n) is 1.56. The molecule has 1 aliphatic rings. The van der Waals surface area contributed by atoms with E-state index >= 15 is 0 Å². The summed E-state index contributed by atoms with van der Waals surface area (Å²) in [4.78, 5) is 10.9. The molecule has 2 atom stereocenters. The lowest BCUT2D eigenvalue weighted by molar-refractivity contribution is 0.248. The normalized spacial score (nSPS) is 34.0. The third-order valence-corrected chi connectivity index (χ3v) is 4.29. The van der Waals surface area contributed by atoms with Crippen molar-refractivity contribution in [2.75, 3.05) is 13.1 Å². The smallest absolute Gasteiger partial charge is 0.0528 e. The highest BCUT2D eigenvalue weighted by Crippen LogP contribution is 2.23. The van der Waals surface area contributed by atoms with Crippen LogP contribution in [0.15, 0.2) is 5.29 Å². The second-order valence-electron chi connectivity index (χ2n) is 2.31. The van der Waals surface area contributed by atoms with Crippen LogP contribution >= 0.6 is 31.9 Å². The number of alkyl halides is 2. The van der Waals surface area contributed by atoms with Crippen LogP contribution in [0.3, 0.4) is 0 Å². The van der Waals surface area contributed by atoms with Crippen LogP contribution in [0.1, 0.15) is 6.42 Å². The summed E-state index contributed by atoms with van der Waals surface area (Å²) in [6, 6.07) is 0. The molecular formula is C5H8Br2N2O. The van der Waals surface area contributed by atoms with Gasteiger partial charge in [-0.05, 0) is 6.42 Å². The first kappa shape index (κ1) is 8.46. The van der Waals surface area contributed by atoms with Crippen molar-refractivity contribution in [2.45, 2.75) is 16.1 Å². The molecule has 1 heterocycles. The Morgan fingerprint density at radius 3 is 2.60 bits per heavy atom. The van der Waals surface area contributed by atoms with Crippen LogP contribution < -0.4 is 0 Å². The number of piperidine rings is 1. The third kappa shape index (κ3) is 1.92. The van der Waals surface area contributed by atoms with Crippen LogP contribution in [-0.4, -0.2) is 27.8 Å². The molecule has 0 aromatic rings. The number of nitrogens with zero attached hydrogens (tertiary/aromatic N) is 2. The number of halogens is 2. The fraction of sp³-hybridized carbons (Fsp3) is 1.00. The van der Waals surface area contributed by atoms with E-state index in [0.29, 0.717) is 16.2 Å². The Morgan fingerprint density at radius 2 is 2.10 bits per heavy atom. The molecule has 5 heteroatoms. The zero-order valence-corrected chi connectivity index (χ0v) is 8.51. The molecule has 0 aromatic carbocycles. The topological polar surface area (TPSA) is 32.7 Å². The van der Waals surface area contributed by atoms with Crippen molar-refractivity contribution >= 4 is 31.9 Å². The monoisotopic (exact) mass is 270 g/mol. The molecule has 10 heavy (non-hydrogen) atoms. The van der Waals surface area contributed by atoms with Crippen LogP contribution in [0.2, 0.25) is 0 Å². The largest absolute Gasteiger partial charge is 0.260 e. The summed E-state index contributed by atoms with van der Waals surface area (Å²) in [7, 11) is 0. The minimum atomic E-state index is 0.346. The molecule has 3 nitrogen and oxygen atoms in total. The second kappa shape index (κ2) is 3.67. The number of nitroso groups, excluding NO2 is 1. The minimum absolute atomic E-state index is 0.346. The van der Waals surface area contributed by atoms with E-state index in [1.807, 2.05) is 0 Å². The summed E-state index contributed by atoms with van der Waals surface area (Å²) >= 11 is 6.94. The SMILES string of the molecule is O=NN1CCC(Br)C(Br)C1. The zero-order valence-electron chi connectivity index (χ0n) is 5.33. The molecule has 0 radical (unpaired) electrons. The number of hydrogen-bond donors (Lipinski definition) is 0. The highest BCUT2D eigenvalue weighted by atomic mass is 79.9. The minimum Gasteiger partial charge on any atom is -0.260 e. The summed E-state index contributed by atoms with van der Waals surface area (Å²) in [5, 5.41) is 4.40. The van der Waals surface area contributed by atoms with Gasteiger partial charge in [0.25, 0.3) is 0 Å². The molecule has 0 bridgehead atoms. The average molecular weight is 272 g/mol. The van der Waals surface area contributed by atoms with Gasteiger partial charge in [0, 0.05) is 16.2 Å². The lowest BCUT2D eigenvalue weighted by Gasteiger charge is -2.28. The summed E-state index contributed by atoms with van der Waals surface area (Å²) in [6.07, 6.45) is 0.974. The van der Waals surface area contributed by atoms with Crippen LogP contribution in [0, 0.1) is 4.91 Å². The Balaban J connectivity index is 2.40. The van der Waals surface area contributed by atoms with Gasteiger partial charge in [-0.2, -0.15) is 0 Å². The van der Waals surface area contributed by atoms with Crippen molar-refractivity contribution in [3.63, 3.8) is 0 Å². The Morgan fingerprint density at radius 1 is 1.40 bits per heavy atom. The molecule has 0 amide bonds. The Labute approximate surface area is 76.4 Å². The maximum absolute atomic E-state index is 10.1. The van der Waals surface area contributed by atoms with Gasteiger partial charge in [0.15, 0.2) is 0 Å². The van der Waals surface area contributed by atoms with Crippen molar-refractivity contribution in [1.82, 2.24) is 5.01 Å². The first-order valence-electron chi connectivity index (χ1n) is 3.10. The van der Waals surface area contributed by atoms with E-state index < -0.39 is 0 Å². The molecule has 0 saturated carbocycles. The first-order chi connectivity index (χ1) is 4.74. The first-order valence-corrected chi connectivity index (χ1v) is 4.93. The molecule has 0 aromatic heterocycles. The summed E-state index contributed by atoms with van der Waals surface area (Å²) in [5.74, 6) is 0. The molecule has 0 aliphatic carbocycles. The van der Waals surface area contributed by atoms with E-state index in [9.17, 15) is 4.91 Å². The van der Waals surface area contributed by atoms with E-state index in [-0.39, 0.29) is 0 Å². The second-order valence-corrected chi connectivity index (χ2v) is 4.67. The summed E-state index contributed by atoms with van der Waals surface area (Å²) < 4.78 is 0. The van der Waals surface area contributed by atoms with Gasteiger partial charge < -0.3 is 0 Å². The standard InChI is InChI=1S/C5H8Br2N2O/c6-4-1-2-9(8-10)3-5(4)7/h4-5H,1-3H2. The van der Waals surface area contributed by atoms with Crippen molar-refractivity contribution < 1.29 is 0 Å². The van der Waals surface area contributed by atoms with Gasteiger partial charge >= 0.3 is 0 Å². The zero-order chi connectivity index (χ0) is 7.56. The van der Waals surface area contributed by atoms with E-state index in [1.165, 1.54) is 5.01 Å². The van der Waals surface area contributed by atoms with Gasteiger partial charge in [0.05, 0.1) is 11.8 Å². The van der Waals surface area contributed by atoms with Crippen molar-refractivity contribution in [2.24, 2.45) is 5.29 Å². The number of rotatable bonds is 1. The van der Waals surface area contributed by atoms with E-state index in [1.54, 1.807) is 0 Å². The molecule has 58 valence electrons. The highest BCUT2D eigenvalue weighted by Gasteiger charge is 2.24. The van der Waals surface area contributed by atoms with Gasteiger partial charge in [-0.25, -0.2) is 0 Å². The van der Waals surface area contributed by atoms with Gasteiger partial charge in [0.1, 0.15) is 0 Å². The van der Waals surface area contributed by atoms with Gasteiger partial charge in [-0.1, -0.05) is 31.9 Å². The predicted molar refractivity (Wildman–Crippen MR) is 47.4 cm³/mol. The van der Waals surface area contributed by atoms with E-state index in [2.05, 4.69) is 37.1 Å². The van der Waals surface area contributed by atoms with Crippen molar-refractivity contribution in [3.05, 3.63) is 4.91 Å². The highest BCUT2D eigenvalue weighted by molar-refractivity contribution is 9.12. The lowest BCUT2D eigenvalue weighted by atomic mass is 10.2. The van der Waals surface area contributed by atoms with Crippen LogP contribution in [0.5, 0.6) is 0 Å². The Bertz CT molecular complexity index is 133. The molecular weight excluding hydrogens is 264 g/mol. The van der Waals surface area contributed by atoms with Gasteiger partial charge in [-0.15, -0.1) is 4.91 Å². The molecule has 0 spiro atoms. The fourth-order valence-electron chi connectivity index (χ4n) is 0.934. The van der Waals surface area contributed by atoms with Gasteiger partial charge in [0.2, 0.25) is 0 Å². The average Bonchev–Trinajstić information content (AvgIpc) is 1.95. The molecule has 1 saturated heterocycles.